The molecule has 1 aromatic heterocycles. The SMILES string of the molecule is CC(C)N1CCCc2cc3ccccc3nc21. The smallest absolute Gasteiger partial charge is 0.132 e. The van der Waals surface area contributed by atoms with Crippen molar-refractivity contribution in [3.63, 3.8) is 0 Å². The molecule has 1 aliphatic rings. The van der Waals surface area contributed by atoms with Crippen LogP contribution in [0.5, 0.6) is 0 Å². The molecule has 0 saturated carbocycles. The number of para-hydroxylation sites is 1. The molecule has 0 aliphatic carbocycles. The Labute approximate surface area is 102 Å². The maximum Gasteiger partial charge on any atom is 0.132 e. The van der Waals surface area contributed by atoms with Gasteiger partial charge in [-0.1, -0.05) is 18.2 Å². The van der Waals surface area contributed by atoms with E-state index in [9.17, 15) is 0 Å². The minimum Gasteiger partial charge on any atom is -0.354 e. The van der Waals surface area contributed by atoms with Gasteiger partial charge in [-0.15, -0.1) is 0 Å². The predicted octanol–water partition coefficient (Wildman–Crippen LogP) is 3.40. The first-order valence-electron chi connectivity index (χ1n) is 6.41. The predicted molar refractivity (Wildman–Crippen MR) is 72.5 cm³/mol. The van der Waals surface area contributed by atoms with Crippen LogP contribution in [0.4, 0.5) is 5.82 Å². The molecule has 1 aromatic carbocycles. The summed E-state index contributed by atoms with van der Waals surface area (Å²) >= 11 is 0. The molecule has 3 rings (SSSR count). The van der Waals surface area contributed by atoms with Crippen LogP contribution in [0.1, 0.15) is 25.8 Å². The average Bonchev–Trinajstić information content (AvgIpc) is 2.35. The number of pyridine rings is 1. The summed E-state index contributed by atoms with van der Waals surface area (Å²) in [6.45, 7) is 5.62. The van der Waals surface area contributed by atoms with Crippen molar-refractivity contribution >= 4 is 16.7 Å². The summed E-state index contributed by atoms with van der Waals surface area (Å²) < 4.78 is 0. The molecule has 0 saturated heterocycles. The van der Waals surface area contributed by atoms with Crippen LogP contribution < -0.4 is 4.90 Å². The van der Waals surface area contributed by atoms with E-state index in [4.69, 9.17) is 4.98 Å². The van der Waals surface area contributed by atoms with Crippen molar-refractivity contribution in [1.29, 1.82) is 0 Å². The molecule has 2 nitrogen and oxygen atoms in total. The first-order chi connectivity index (χ1) is 8.25. The highest BCUT2D eigenvalue weighted by molar-refractivity contribution is 5.82. The number of fused-ring (bicyclic) bond motifs is 2. The lowest BCUT2D eigenvalue weighted by atomic mass is 10.0. The van der Waals surface area contributed by atoms with Gasteiger partial charge in [-0.05, 0) is 44.4 Å². The van der Waals surface area contributed by atoms with Crippen molar-refractivity contribution in [2.24, 2.45) is 0 Å². The third-order valence-corrected chi connectivity index (χ3v) is 3.52. The fourth-order valence-corrected chi connectivity index (χ4v) is 2.63. The fourth-order valence-electron chi connectivity index (χ4n) is 2.63. The van der Waals surface area contributed by atoms with Gasteiger partial charge in [-0.25, -0.2) is 4.98 Å². The van der Waals surface area contributed by atoms with Crippen molar-refractivity contribution < 1.29 is 0 Å². The summed E-state index contributed by atoms with van der Waals surface area (Å²) in [7, 11) is 0. The molecule has 0 bridgehead atoms. The van der Waals surface area contributed by atoms with Crippen molar-refractivity contribution in [3.8, 4) is 0 Å². The van der Waals surface area contributed by atoms with Crippen molar-refractivity contribution in [2.45, 2.75) is 32.7 Å². The normalized spacial score (nSPS) is 15.4. The monoisotopic (exact) mass is 226 g/mol. The summed E-state index contributed by atoms with van der Waals surface area (Å²) in [5.41, 5.74) is 2.52. The molecule has 0 radical (unpaired) electrons. The highest BCUT2D eigenvalue weighted by Gasteiger charge is 2.20. The molecule has 2 heterocycles. The lowest BCUT2D eigenvalue weighted by Crippen LogP contribution is -2.36. The Bertz CT molecular complexity index is 546. The molecular weight excluding hydrogens is 208 g/mol. The highest BCUT2D eigenvalue weighted by Crippen LogP contribution is 2.29. The van der Waals surface area contributed by atoms with E-state index in [2.05, 4.69) is 49.1 Å². The number of benzene rings is 1. The zero-order valence-electron chi connectivity index (χ0n) is 10.5. The van der Waals surface area contributed by atoms with Gasteiger partial charge in [0, 0.05) is 18.0 Å². The van der Waals surface area contributed by atoms with Gasteiger partial charge in [0.05, 0.1) is 5.52 Å². The third-order valence-electron chi connectivity index (χ3n) is 3.52. The van der Waals surface area contributed by atoms with E-state index in [1.807, 2.05) is 0 Å². The number of hydrogen-bond donors (Lipinski definition) is 0. The minimum atomic E-state index is 0.530. The van der Waals surface area contributed by atoms with E-state index in [0.29, 0.717) is 6.04 Å². The second-order valence-corrected chi connectivity index (χ2v) is 5.05. The van der Waals surface area contributed by atoms with E-state index in [1.54, 1.807) is 0 Å². The zero-order chi connectivity index (χ0) is 11.8. The molecule has 0 N–H and O–H groups in total. The molecule has 0 amide bonds. The van der Waals surface area contributed by atoms with Gasteiger partial charge in [-0.2, -0.15) is 0 Å². The molecule has 2 heteroatoms. The van der Waals surface area contributed by atoms with Crippen molar-refractivity contribution in [1.82, 2.24) is 4.98 Å². The van der Waals surface area contributed by atoms with Crippen molar-refractivity contribution in [3.05, 3.63) is 35.9 Å². The summed E-state index contributed by atoms with van der Waals surface area (Å²) in [5.74, 6) is 1.20. The minimum absolute atomic E-state index is 0.530. The zero-order valence-corrected chi connectivity index (χ0v) is 10.5. The van der Waals surface area contributed by atoms with Gasteiger partial charge in [-0.3, -0.25) is 0 Å². The number of aryl methyl sites for hydroxylation is 1. The summed E-state index contributed by atoms with van der Waals surface area (Å²) in [4.78, 5) is 7.27. The quantitative estimate of drug-likeness (QED) is 0.741. The second kappa shape index (κ2) is 4.02. The number of aromatic nitrogens is 1. The van der Waals surface area contributed by atoms with Crippen LogP contribution in [0, 0.1) is 0 Å². The first kappa shape index (κ1) is 10.6. The Kier molecular flexibility index (Phi) is 2.50. The van der Waals surface area contributed by atoms with Gasteiger partial charge in [0.15, 0.2) is 0 Å². The van der Waals surface area contributed by atoms with Crippen LogP contribution in [0.3, 0.4) is 0 Å². The lowest BCUT2D eigenvalue weighted by molar-refractivity contribution is 0.617. The van der Waals surface area contributed by atoms with Crippen LogP contribution in [0.15, 0.2) is 30.3 Å². The molecule has 0 fully saturated rings. The summed E-state index contributed by atoms with van der Waals surface area (Å²) in [6.07, 6.45) is 2.40. The third kappa shape index (κ3) is 1.78. The van der Waals surface area contributed by atoms with Gasteiger partial charge in [0.2, 0.25) is 0 Å². The number of rotatable bonds is 1. The Balaban J connectivity index is 2.19. The molecule has 0 spiro atoms. The van der Waals surface area contributed by atoms with E-state index >= 15 is 0 Å². The summed E-state index contributed by atoms with van der Waals surface area (Å²) in [5, 5.41) is 1.26. The largest absolute Gasteiger partial charge is 0.354 e. The fraction of sp³-hybridized carbons (Fsp3) is 0.400. The van der Waals surface area contributed by atoms with Gasteiger partial charge < -0.3 is 4.90 Å². The Morgan fingerprint density at radius 2 is 2.06 bits per heavy atom. The molecular formula is C15H18N2. The highest BCUT2D eigenvalue weighted by atomic mass is 15.2. The van der Waals surface area contributed by atoms with E-state index in [1.165, 1.54) is 23.2 Å². The topological polar surface area (TPSA) is 16.1 Å². The number of anilines is 1. The Morgan fingerprint density at radius 1 is 1.24 bits per heavy atom. The molecule has 2 aromatic rings. The van der Waals surface area contributed by atoms with E-state index in [-0.39, 0.29) is 0 Å². The molecule has 0 atom stereocenters. The standard InChI is InChI=1S/C15H18N2/c1-11(2)17-9-5-7-13-10-12-6-3-4-8-14(12)16-15(13)17/h3-4,6,8,10-11H,5,7,9H2,1-2H3. The van der Waals surface area contributed by atoms with Crippen LogP contribution in [0.25, 0.3) is 10.9 Å². The molecule has 1 aliphatic heterocycles. The lowest BCUT2D eigenvalue weighted by Gasteiger charge is -2.33. The molecule has 88 valence electrons. The van der Waals surface area contributed by atoms with E-state index < -0.39 is 0 Å². The molecule has 0 unspecified atom stereocenters. The maximum absolute atomic E-state index is 4.84. The Hall–Kier alpha value is -1.57. The number of hydrogen-bond acceptors (Lipinski definition) is 2. The van der Waals surface area contributed by atoms with Crippen molar-refractivity contribution in [2.75, 3.05) is 11.4 Å². The van der Waals surface area contributed by atoms with Crippen LogP contribution in [-0.4, -0.2) is 17.6 Å². The van der Waals surface area contributed by atoms with Gasteiger partial charge in [0.25, 0.3) is 0 Å². The average molecular weight is 226 g/mol. The van der Waals surface area contributed by atoms with Gasteiger partial charge >= 0.3 is 0 Å². The van der Waals surface area contributed by atoms with Crippen LogP contribution in [0.2, 0.25) is 0 Å². The van der Waals surface area contributed by atoms with Crippen LogP contribution in [-0.2, 0) is 6.42 Å². The Morgan fingerprint density at radius 3 is 2.88 bits per heavy atom. The summed E-state index contributed by atoms with van der Waals surface area (Å²) in [6, 6.07) is 11.2. The first-order valence-corrected chi connectivity index (χ1v) is 6.41. The van der Waals surface area contributed by atoms with Crippen LogP contribution >= 0.6 is 0 Å². The van der Waals surface area contributed by atoms with Gasteiger partial charge in [0.1, 0.15) is 5.82 Å². The molecule has 17 heavy (non-hydrogen) atoms. The second-order valence-electron chi connectivity index (χ2n) is 5.05. The maximum atomic E-state index is 4.84. The van der Waals surface area contributed by atoms with E-state index in [0.717, 1.165) is 18.5 Å². The number of nitrogens with zero attached hydrogens (tertiary/aromatic N) is 2.